The quantitative estimate of drug-likeness (QED) is 0.619. The van der Waals surface area contributed by atoms with E-state index in [1.807, 2.05) is 67.3 Å². The molecule has 3 aromatic rings. The lowest BCUT2D eigenvalue weighted by Gasteiger charge is -2.21. The molecule has 30 heavy (non-hydrogen) atoms. The predicted molar refractivity (Wildman–Crippen MR) is 113 cm³/mol. The van der Waals surface area contributed by atoms with Crippen LogP contribution in [0.2, 0.25) is 0 Å². The van der Waals surface area contributed by atoms with Gasteiger partial charge in [0.25, 0.3) is 0 Å². The summed E-state index contributed by atoms with van der Waals surface area (Å²) in [5, 5.41) is 9.37. The number of carboxylic acids is 1. The van der Waals surface area contributed by atoms with Crippen LogP contribution >= 0.6 is 0 Å². The van der Waals surface area contributed by atoms with Crippen LogP contribution in [0.5, 0.6) is 5.75 Å². The van der Waals surface area contributed by atoms with Crippen LogP contribution < -0.4 is 4.74 Å². The molecule has 0 unspecified atom stereocenters. The van der Waals surface area contributed by atoms with E-state index < -0.39 is 12.0 Å². The summed E-state index contributed by atoms with van der Waals surface area (Å²) in [5.74, 6) is 1.32. The third kappa shape index (κ3) is 4.54. The Morgan fingerprint density at radius 3 is 2.80 bits per heavy atom. The van der Waals surface area contributed by atoms with Gasteiger partial charge in [-0.3, -0.25) is 9.69 Å². The summed E-state index contributed by atoms with van der Waals surface area (Å²) in [6.45, 7) is 5.66. The van der Waals surface area contributed by atoms with Crippen LogP contribution in [0.1, 0.15) is 35.4 Å². The average Bonchev–Trinajstić information content (AvgIpc) is 3.34. The molecule has 0 bridgehead atoms. The number of aryl methyl sites for hydroxylation is 2. The van der Waals surface area contributed by atoms with Crippen LogP contribution in [0.3, 0.4) is 0 Å². The number of aromatic nitrogens is 1. The van der Waals surface area contributed by atoms with Crippen LogP contribution in [-0.2, 0) is 17.9 Å². The zero-order chi connectivity index (χ0) is 21.1. The van der Waals surface area contributed by atoms with Gasteiger partial charge in [-0.2, -0.15) is 0 Å². The van der Waals surface area contributed by atoms with Crippen molar-refractivity contribution in [2.24, 2.45) is 0 Å². The van der Waals surface area contributed by atoms with Gasteiger partial charge in [0.15, 0.2) is 0 Å². The van der Waals surface area contributed by atoms with Gasteiger partial charge in [0, 0.05) is 12.1 Å². The van der Waals surface area contributed by atoms with E-state index in [2.05, 4.69) is 4.98 Å². The Bertz CT molecular complexity index is 1030. The highest BCUT2D eigenvalue weighted by atomic mass is 16.5. The molecule has 1 aliphatic heterocycles. The molecule has 1 N–H and O–H groups in total. The first kappa shape index (κ1) is 20.2. The third-order valence-electron chi connectivity index (χ3n) is 5.50. The van der Waals surface area contributed by atoms with Crippen molar-refractivity contribution < 1.29 is 19.1 Å². The Morgan fingerprint density at radius 1 is 1.23 bits per heavy atom. The molecule has 156 valence electrons. The summed E-state index contributed by atoms with van der Waals surface area (Å²) in [4.78, 5) is 18.0. The molecule has 1 atom stereocenters. The van der Waals surface area contributed by atoms with Crippen molar-refractivity contribution in [3.05, 3.63) is 71.1 Å². The lowest BCUT2D eigenvalue weighted by Crippen LogP contribution is -2.35. The lowest BCUT2D eigenvalue weighted by atomic mass is 10.1. The molecular formula is C24H26N2O4. The summed E-state index contributed by atoms with van der Waals surface area (Å²) in [6.07, 6.45) is 1.63. The fraction of sp³-hybridized carbons (Fsp3) is 0.333. The second-order valence-corrected chi connectivity index (χ2v) is 7.79. The van der Waals surface area contributed by atoms with Crippen LogP contribution in [0, 0.1) is 13.8 Å². The highest BCUT2D eigenvalue weighted by Crippen LogP contribution is 2.25. The number of rotatable bonds is 7. The van der Waals surface area contributed by atoms with Gasteiger partial charge in [-0.25, -0.2) is 4.98 Å². The van der Waals surface area contributed by atoms with Gasteiger partial charge in [-0.15, -0.1) is 0 Å². The Balaban J connectivity index is 1.41. The van der Waals surface area contributed by atoms with Gasteiger partial charge in [-0.1, -0.05) is 29.8 Å². The van der Waals surface area contributed by atoms with E-state index >= 15 is 0 Å². The van der Waals surface area contributed by atoms with E-state index in [0.717, 1.165) is 41.3 Å². The minimum atomic E-state index is -0.745. The fourth-order valence-electron chi connectivity index (χ4n) is 3.80. The van der Waals surface area contributed by atoms with E-state index in [4.69, 9.17) is 9.15 Å². The molecule has 2 aromatic carbocycles. The zero-order valence-electron chi connectivity index (χ0n) is 17.3. The number of oxazole rings is 1. The third-order valence-corrected chi connectivity index (χ3v) is 5.50. The second kappa shape index (κ2) is 8.71. The maximum Gasteiger partial charge on any atom is 0.320 e. The number of benzene rings is 2. The average molecular weight is 406 g/mol. The Kier molecular flexibility index (Phi) is 5.86. The molecule has 2 heterocycles. The molecule has 6 heteroatoms. The number of likely N-dealkylation sites (tertiary alicyclic amines) is 1. The molecule has 0 amide bonds. The molecule has 1 aliphatic rings. The number of ether oxygens (including phenoxy) is 1. The normalized spacial score (nSPS) is 16.7. The predicted octanol–water partition coefficient (Wildman–Crippen LogP) is 4.59. The fourth-order valence-corrected chi connectivity index (χ4v) is 3.80. The number of carbonyl (C=O) groups is 1. The largest absolute Gasteiger partial charge is 0.487 e. The van der Waals surface area contributed by atoms with E-state index in [1.54, 1.807) is 0 Å². The summed E-state index contributed by atoms with van der Waals surface area (Å²) in [7, 11) is 0. The van der Waals surface area contributed by atoms with Gasteiger partial charge >= 0.3 is 5.97 Å². The zero-order valence-corrected chi connectivity index (χ0v) is 17.3. The van der Waals surface area contributed by atoms with Crippen molar-refractivity contribution in [1.29, 1.82) is 0 Å². The van der Waals surface area contributed by atoms with Crippen LogP contribution in [0.25, 0.3) is 11.5 Å². The number of hydrogen-bond acceptors (Lipinski definition) is 5. The summed E-state index contributed by atoms with van der Waals surface area (Å²) < 4.78 is 11.8. The van der Waals surface area contributed by atoms with Crippen LogP contribution in [0.15, 0.2) is 52.9 Å². The number of hydrogen-bond donors (Lipinski definition) is 1. The molecule has 1 saturated heterocycles. The second-order valence-electron chi connectivity index (χ2n) is 7.79. The van der Waals surface area contributed by atoms with Crippen LogP contribution in [0.4, 0.5) is 0 Å². The molecule has 4 rings (SSSR count). The van der Waals surface area contributed by atoms with Gasteiger partial charge in [-0.05, 0) is 63.1 Å². The molecule has 1 fully saturated rings. The Hall–Kier alpha value is -3.12. The minimum absolute atomic E-state index is 0.312. The number of aliphatic carboxylic acids is 1. The highest BCUT2D eigenvalue weighted by Gasteiger charge is 2.30. The van der Waals surface area contributed by atoms with Crippen molar-refractivity contribution in [2.45, 2.75) is 45.9 Å². The van der Waals surface area contributed by atoms with E-state index in [1.165, 1.54) is 5.56 Å². The molecule has 0 aliphatic carbocycles. The van der Waals surface area contributed by atoms with Crippen molar-refractivity contribution in [2.75, 3.05) is 6.54 Å². The molecular weight excluding hydrogens is 380 g/mol. The van der Waals surface area contributed by atoms with Gasteiger partial charge in [0.2, 0.25) is 5.89 Å². The Morgan fingerprint density at radius 2 is 2.03 bits per heavy atom. The van der Waals surface area contributed by atoms with Crippen molar-refractivity contribution in [1.82, 2.24) is 9.88 Å². The molecule has 1 aromatic heterocycles. The first-order chi connectivity index (χ1) is 14.5. The molecule has 6 nitrogen and oxygen atoms in total. The number of nitrogens with zero attached hydrogens (tertiary/aromatic N) is 2. The van der Waals surface area contributed by atoms with Gasteiger partial charge < -0.3 is 14.3 Å². The maximum atomic E-state index is 11.4. The molecule has 0 spiro atoms. The van der Waals surface area contributed by atoms with Crippen LogP contribution in [-0.4, -0.2) is 33.5 Å². The number of carboxylic acid groups (broad SMARTS) is 1. The monoisotopic (exact) mass is 406 g/mol. The highest BCUT2D eigenvalue weighted by molar-refractivity contribution is 5.73. The first-order valence-electron chi connectivity index (χ1n) is 10.2. The van der Waals surface area contributed by atoms with E-state index in [0.29, 0.717) is 25.5 Å². The molecule has 0 radical (unpaired) electrons. The summed E-state index contributed by atoms with van der Waals surface area (Å²) in [5.41, 5.74) is 3.93. The van der Waals surface area contributed by atoms with Gasteiger partial charge in [0.1, 0.15) is 29.9 Å². The smallest absolute Gasteiger partial charge is 0.320 e. The standard InChI is InChI=1S/C24H26N2O4/c1-16-8-10-19(11-9-16)23-25-21(17(2)30-23)15-29-20-6-3-5-18(13-20)14-26-12-4-7-22(26)24(27)28/h3,5-6,8-11,13,22H,4,7,12,14-15H2,1-2H3,(H,27,28)/t22-/m1/s1. The topological polar surface area (TPSA) is 75.8 Å². The summed E-state index contributed by atoms with van der Waals surface area (Å²) >= 11 is 0. The maximum absolute atomic E-state index is 11.4. The van der Waals surface area contributed by atoms with Gasteiger partial charge in [0.05, 0.1) is 0 Å². The summed E-state index contributed by atoms with van der Waals surface area (Å²) in [6, 6.07) is 15.5. The Labute approximate surface area is 176 Å². The molecule has 0 saturated carbocycles. The van der Waals surface area contributed by atoms with Crippen molar-refractivity contribution in [3.8, 4) is 17.2 Å². The first-order valence-corrected chi connectivity index (χ1v) is 10.2. The van der Waals surface area contributed by atoms with Crippen molar-refractivity contribution in [3.63, 3.8) is 0 Å². The van der Waals surface area contributed by atoms with E-state index in [-0.39, 0.29) is 0 Å². The van der Waals surface area contributed by atoms with E-state index in [9.17, 15) is 9.90 Å². The minimum Gasteiger partial charge on any atom is -0.487 e. The van der Waals surface area contributed by atoms with Crippen molar-refractivity contribution >= 4 is 5.97 Å². The lowest BCUT2D eigenvalue weighted by molar-refractivity contribution is -0.142. The SMILES string of the molecule is Cc1ccc(-c2nc(COc3cccc(CN4CCC[C@@H]4C(=O)O)c3)c(C)o2)cc1.